The van der Waals surface area contributed by atoms with E-state index < -0.39 is 0 Å². The first-order valence-corrected chi connectivity index (χ1v) is 9.64. The molecule has 1 fully saturated rings. The monoisotopic (exact) mass is 363 g/mol. The zero-order valence-corrected chi connectivity index (χ0v) is 15.5. The molecule has 140 valence electrons. The number of unbranched alkanes of at least 4 members (excludes halogenated alkanes) is 4. The average molecular weight is 363 g/mol. The van der Waals surface area contributed by atoms with Gasteiger partial charge in [-0.1, -0.05) is 55.7 Å². The Kier molecular flexibility index (Phi) is 7.01. The van der Waals surface area contributed by atoms with Crippen LogP contribution in [0.15, 0.2) is 48.5 Å². The molecule has 0 saturated carbocycles. The normalized spacial score (nSPS) is 15.1. The van der Waals surface area contributed by atoms with E-state index in [1.54, 1.807) is 0 Å². The second kappa shape index (κ2) is 9.89. The summed E-state index contributed by atoms with van der Waals surface area (Å²) in [5.74, 6) is -0.209. The standard InChI is InChI=1S/C23H25NO3/c24-16-19-9-13-21(14-10-19)20-11-7-18(8-12-20)6-4-2-1-3-5-15-26-23(25)22-17-27-22/h7-14,22H,1-6,15,17H2. The maximum atomic E-state index is 11.3. The fourth-order valence-corrected chi connectivity index (χ4v) is 3.01. The summed E-state index contributed by atoms with van der Waals surface area (Å²) in [6.07, 6.45) is 6.35. The Bertz CT molecular complexity index is 771. The molecule has 0 aliphatic carbocycles. The number of esters is 1. The maximum absolute atomic E-state index is 11.3. The first-order chi connectivity index (χ1) is 13.3. The molecule has 2 aromatic rings. The zero-order valence-electron chi connectivity index (χ0n) is 15.5. The number of nitriles is 1. The highest BCUT2D eigenvalue weighted by molar-refractivity contribution is 5.76. The predicted octanol–water partition coefficient (Wildman–Crippen LogP) is 4.66. The van der Waals surface area contributed by atoms with E-state index in [-0.39, 0.29) is 12.1 Å². The van der Waals surface area contributed by atoms with Crippen LogP contribution in [0, 0.1) is 11.3 Å². The molecule has 1 unspecified atom stereocenters. The lowest BCUT2D eigenvalue weighted by Gasteiger charge is -2.06. The predicted molar refractivity (Wildman–Crippen MR) is 104 cm³/mol. The van der Waals surface area contributed by atoms with Crippen LogP contribution in [0.5, 0.6) is 0 Å². The Balaban J connectivity index is 1.29. The number of ether oxygens (including phenoxy) is 2. The second-order valence-electron chi connectivity index (χ2n) is 6.89. The number of epoxide rings is 1. The van der Waals surface area contributed by atoms with Crippen LogP contribution in [0.1, 0.15) is 43.2 Å². The summed E-state index contributed by atoms with van der Waals surface area (Å²) in [6.45, 7) is 1.03. The summed E-state index contributed by atoms with van der Waals surface area (Å²) in [5, 5.41) is 8.87. The topological polar surface area (TPSA) is 62.6 Å². The van der Waals surface area contributed by atoms with Gasteiger partial charge in [0, 0.05) is 0 Å². The van der Waals surface area contributed by atoms with Gasteiger partial charge >= 0.3 is 5.97 Å². The van der Waals surface area contributed by atoms with Crippen molar-refractivity contribution in [1.29, 1.82) is 5.26 Å². The largest absolute Gasteiger partial charge is 0.464 e. The van der Waals surface area contributed by atoms with E-state index in [2.05, 4.69) is 30.3 Å². The van der Waals surface area contributed by atoms with Gasteiger partial charge in [0.1, 0.15) is 0 Å². The minimum Gasteiger partial charge on any atom is -0.464 e. The first-order valence-electron chi connectivity index (χ1n) is 9.64. The summed E-state index contributed by atoms with van der Waals surface area (Å²) in [7, 11) is 0. The summed E-state index contributed by atoms with van der Waals surface area (Å²) >= 11 is 0. The van der Waals surface area contributed by atoms with Gasteiger partial charge in [-0.2, -0.15) is 5.26 Å². The van der Waals surface area contributed by atoms with Crippen LogP contribution in [0.25, 0.3) is 11.1 Å². The molecule has 4 heteroatoms. The number of rotatable bonds is 10. The minimum absolute atomic E-state index is 0.209. The van der Waals surface area contributed by atoms with Crippen LogP contribution >= 0.6 is 0 Å². The summed E-state index contributed by atoms with van der Waals surface area (Å²) in [6, 6.07) is 18.5. The third-order valence-electron chi connectivity index (χ3n) is 4.75. The van der Waals surface area contributed by atoms with Crippen LogP contribution in [0.2, 0.25) is 0 Å². The molecule has 1 aliphatic heterocycles. The molecule has 2 aromatic carbocycles. The second-order valence-corrected chi connectivity index (χ2v) is 6.89. The Morgan fingerprint density at radius 2 is 1.56 bits per heavy atom. The van der Waals surface area contributed by atoms with Crippen LogP contribution in [0.4, 0.5) is 0 Å². The maximum Gasteiger partial charge on any atom is 0.337 e. The number of nitrogens with zero attached hydrogens (tertiary/aromatic N) is 1. The number of carbonyl (C=O) groups is 1. The third-order valence-corrected chi connectivity index (χ3v) is 4.75. The van der Waals surface area contributed by atoms with Gasteiger partial charge in [0.25, 0.3) is 0 Å². The Morgan fingerprint density at radius 3 is 2.19 bits per heavy atom. The summed E-state index contributed by atoms with van der Waals surface area (Å²) in [5.41, 5.74) is 4.35. The molecule has 0 amide bonds. The van der Waals surface area contributed by atoms with Gasteiger partial charge in [0.15, 0.2) is 6.10 Å². The van der Waals surface area contributed by atoms with Crippen molar-refractivity contribution in [3.05, 3.63) is 59.7 Å². The molecule has 1 atom stereocenters. The van der Waals surface area contributed by atoms with Crippen molar-refractivity contribution >= 4 is 5.97 Å². The molecule has 1 heterocycles. The average Bonchev–Trinajstić information content (AvgIpc) is 3.56. The molecule has 0 bridgehead atoms. The fraction of sp³-hybridized carbons (Fsp3) is 0.391. The molecule has 0 N–H and O–H groups in total. The van der Waals surface area contributed by atoms with Crippen molar-refractivity contribution in [3.63, 3.8) is 0 Å². The molecule has 1 saturated heterocycles. The smallest absolute Gasteiger partial charge is 0.337 e. The van der Waals surface area contributed by atoms with Gasteiger partial charge in [-0.25, -0.2) is 4.79 Å². The van der Waals surface area contributed by atoms with E-state index in [1.165, 1.54) is 30.4 Å². The highest BCUT2D eigenvalue weighted by Crippen LogP contribution is 2.21. The van der Waals surface area contributed by atoms with Gasteiger partial charge in [0.2, 0.25) is 0 Å². The van der Waals surface area contributed by atoms with Crippen molar-refractivity contribution < 1.29 is 14.3 Å². The van der Waals surface area contributed by atoms with E-state index in [0.717, 1.165) is 24.8 Å². The molecule has 27 heavy (non-hydrogen) atoms. The van der Waals surface area contributed by atoms with Gasteiger partial charge in [0.05, 0.1) is 24.8 Å². The lowest BCUT2D eigenvalue weighted by atomic mass is 10.0. The molecule has 0 aromatic heterocycles. The SMILES string of the molecule is N#Cc1ccc(-c2ccc(CCCCCCCOC(=O)C3CO3)cc2)cc1. The molecule has 1 aliphatic rings. The number of hydrogen-bond acceptors (Lipinski definition) is 4. The van der Waals surface area contributed by atoms with Crippen LogP contribution in [-0.4, -0.2) is 25.3 Å². The quantitative estimate of drug-likeness (QED) is 0.350. The van der Waals surface area contributed by atoms with Gasteiger partial charge in [-0.05, 0) is 48.1 Å². The van der Waals surface area contributed by atoms with Gasteiger partial charge < -0.3 is 9.47 Å². The number of aryl methyl sites for hydroxylation is 1. The molecule has 0 spiro atoms. The van der Waals surface area contributed by atoms with Crippen LogP contribution in [0.3, 0.4) is 0 Å². The van der Waals surface area contributed by atoms with E-state index in [9.17, 15) is 4.79 Å². The summed E-state index contributed by atoms with van der Waals surface area (Å²) < 4.78 is 10.0. The highest BCUT2D eigenvalue weighted by atomic mass is 16.6. The number of hydrogen-bond donors (Lipinski definition) is 0. The van der Waals surface area contributed by atoms with Crippen molar-refractivity contribution in [1.82, 2.24) is 0 Å². The van der Waals surface area contributed by atoms with Crippen LogP contribution in [-0.2, 0) is 20.7 Å². The van der Waals surface area contributed by atoms with Gasteiger partial charge in [-0.15, -0.1) is 0 Å². The Morgan fingerprint density at radius 1 is 0.963 bits per heavy atom. The van der Waals surface area contributed by atoms with Crippen molar-refractivity contribution in [2.24, 2.45) is 0 Å². The Hall–Kier alpha value is -2.64. The van der Waals surface area contributed by atoms with Crippen molar-refractivity contribution in [2.75, 3.05) is 13.2 Å². The van der Waals surface area contributed by atoms with E-state index in [1.807, 2.05) is 24.3 Å². The third kappa shape index (κ3) is 6.23. The lowest BCUT2D eigenvalue weighted by Crippen LogP contribution is -2.12. The van der Waals surface area contributed by atoms with Gasteiger partial charge in [-0.3, -0.25) is 0 Å². The molecule has 4 nitrogen and oxygen atoms in total. The molecular weight excluding hydrogens is 338 g/mol. The van der Waals surface area contributed by atoms with E-state index >= 15 is 0 Å². The first kappa shape index (κ1) is 19.1. The highest BCUT2D eigenvalue weighted by Gasteiger charge is 2.32. The zero-order chi connectivity index (χ0) is 18.9. The fourth-order valence-electron chi connectivity index (χ4n) is 3.01. The number of carbonyl (C=O) groups excluding carboxylic acids is 1. The number of benzene rings is 2. The van der Waals surface area contributed by atoms with E-state index in [0.29, 0.717) is 18.8 Å². The molecule has 0 radical (unpaired) electrons. The van der Waals surface area contributed by atoms with Crippen molar-refractivity contribution in [3.8, 4) is 17.2 Å². The summed E-state index contributed by atoms with van der Waals surface area (Å²) in [4.78, 5) is 11.3. The molecular formula is C23H25NO3. The van der Waals surface area contributed by atoms with Crippen LogP contribution < -0.4 is 0 Å². The Labute approximate surface area is 160 Å². The van der Waals surface area contributed by atoms with Crippen molar-refractivity contribution in [2.45, 2.75) is 44.6 Å². The lowest BCUT2D eigenvalue weighted by molar-refractivity contribution is -0.145. The molecule has 3 rings (SSSR count). The minimum atomic E-state index is -0.284. The van der Waals surface area contributed by atoms with E-state index in [4.69, 9.17) is 14.7 Å².